The predicted molar refractivity (Wildman–Crippen MR) is 76.9 cm³/mol. The molecule has 4 heteroatoms. The van der Waals surface area contributed by atoms with Crippen molar-refractivity contribution >= 4 is 0 Å². The van der Waals surface area contributed by atoms with Gasteiger partial charge in [-0.15, -0.1) is 0 Å². The van der Waals surface area contributed by atoms with Gasteiger partial charge in [-0.05, 0) is 23.8 Å². The SMILES string of the molecule is CC(C)NCc1ccc(COc2ccccc2F)nc1. The number of hydrogen-bond acceptors (Lipinski definition) is 3. The van der Waals surface area contributed by atoms with Crippen LogP contribution in [0.1, 0.15) is 25.1 Å². The van der Waals surface area contributed by atoms with Crippen molar-refractivity contribution in [2.75, 3.05) is 0 Å². The standard InChI is InChI=1S/C16H19FN2O/c1-12(2)18-9-13-7-8-14(19-10-13)11-20-16-6-4-3-5-15(16)17/h3-8,10,12,18H,9,11H2,1-2H3. The molecule has 2 aromatic rings. The van der Waals surface area contributed by atoms with Crippen LogP contribution in [-0.2, 0) is 13.2 Å². The molecule has 0 spiro atoms. The van der Waals surface area contributed by atoms with Crippen LogP contribution in [0.5, 0.6) is 5.75 Å². The van der Waals surface area contributed by atoms with E-state index in [9.17, 15) is 4.39 Å². The summed E-state index contributed by atoms with van der Waals surface area (Å²) in [6.45, 7) is 5.26. The van der Waals surface area contributed by atoms with Crippen molar-refractivity contribution in [1.29, 1.82) is 0 Å². The van der Waals surface area contributed by atoms with Gasteiger partial charge in [-0.3, -0.25) is 4.98 Å². The van der Waals surface area contributed by atoms with Gasteiger partial charge in [0, 0.05) is 18.8 Å². The van der Waals surface area contributed by atoms with Crippen LogP contribution in [0.2, 0.25) is 0 Å². The average molecular weight is 274 g/mol. The second-order valence-corrected chi connectivity index (χ2v) is 4.91. The molecule has 20 heavy (non-hydrogen) atoms. The monoisotopic (exact) mass is 274 g/mol. The summed E-state index contributed by atoms with van der Waals surface area (Å²) in [5, 5.41) is 3.33. The first-order valence-electron chi connectivity index (χ1n) is 6.69. The first kappa shape index (κ1) is 14.5. The van der Waals surface area contributed by atoms with Crippen LogP contribution < -0.4 is 10.1 Å². The number of aromatic nitrogens is 1. The summed E-state index contributed by atoms with van der Waals surface area (Å²) >= 11 is 0. The Kier molecular flexibility index (Phi) is 5.07. The van der Waals surface area contributed by atoms with E-state index in [0.717, 1.165) is 17.8 Å². The van der Waals surface area contributed by atoms with Gasteiger partial charge in [0.25, 0.3) is 0 Å². The highest BCUT2D eigenvalue weighted by Gasteiger charge is 2.03. The van der Waals surface area contributed by atoms with Gasteiger partial charge in [-0.25, -0.2) is 4.39 Å². The fourth-order valence-corrected chi connectivity index (χ4v) is 1.68. The summed E-state index contributed by atoms with van der Waals surface area (Å²) < 4.78 is 18.8. The van der Waals surface area contributed by atoms with Crippen LogP contribution in [0.15, 0.2) is 42.6 Å². The fourth-order valence-electron chi connectivity index (χ4n) is 1.68. The Morgan fingerprint density at radius 2 is 2.00 bits per heavy atom. The van der Waals surface area contributed by atoms with Gasteiger partial charge in [-0.1, -0.05) is 32.0 Å². The van der Waals surface area contributed by atoms with E-state index in [1.807, 2.05) is 18.3 Å². The number of rotatable bonds is 6. The van der Waals surface area contributed by atoms with Crippen molar-refractivity contribution in [2.24, 2.45) is 0 Å². The lowest BCUT2D eigenvalue weighted by atomic mass is 10.2. The van der Waals surface area contributed by atoms with Gasteiger partial charge < -0.3 is 10.1 Å². The molecule has 0 saturated heterocycles. The molecule has 2 rings (SSSR count). The minimum Gasteiger partial charge on any atom is -0.484 e. The summed E-state index contributed by atoms with van der Waals surface area (Å²) in [5.41, 5.74) is 1.90. The molecule has 0 aliphatic heterocycles. The van der Waals surface area contributed by atoms with Crippen LogP contribution in [0.25, 0.3) is 0 Å². The fraction of sp³-hybridized carbons (Fsp3) is 0.312. The largest absolute Gasteiger partial charge is 0.484 e. The van der Waals surface area contributed by atoms with Crippen molar-refractivity contribution in [2.45, 2.75) is 33.0 Å². The van der Waals surface area contributed by atoms with E-state index in [-0.39, 0.29) is 18.2 Å². The van der Waals surface area contributed by atoms with Gasteiger partial charge in [0.15, 0.2) is 11.6 Å². The Balaban J connectivity index is 1.89. The number of nitrogens with zero attached hydrogens (tertiary/aromatic N) is 1. The number of pyridine rings is 1. The molecule has 3 nitrogen and oxygen atoms in total. The van der Waals surface area contributed by atoms with Crippen molar-refractivity contribution in [1.82, 2.24) is 10.3 Å². The van der Waals surface area contributed by atoms with Crippen LogP contribution in [0.4, 0.5) is 4.39 Å². The molecule has 0 unspecified atom stereocenters. The zero-order valence-corrected chi connectivity index (χ0v) is 11.8. The first-order valence-corrected chi connectivity index (χ1v) is 6.69. The molecule has 0 amide bonds. The smallest absolute Gasteiger partial charge is 0.165 e. The van der Waals surface area contributed by atoms with E-state index >= 15 is 0 Å². The molecule has 0 aliphatic rings. The molecule has 0 fully saturated rings. The van der Waals surface area contributed by atoms with Gasteiger partial charge in [0.1, 0.15) is 6.61 Å². The molecule has 1 N–H and O–H groups in total. The third-order valence-corrected chi connectivity index (χ3v) is 2.81. The maximum Gasteiger partial charge on any atom is 0.165 e. The van der Waals surface area contributed by atoms with Crippen LogP contribution >= 0.6 is 0 Å². The predicted octanol–water partition coefficient (Wildman–Crippen LogP) is 3.30. The Bertz CT molecular complexity index is 540. The molecular weight excluding hydrogens is 255 g/mol. The Morgan fingerprint density at radius 1 is 1.20 bits per heavy atom. The Labute approximate surface area is 118 Å². The van der Waals surface area contributed by atoms with Crippen LogP contribution in [-0.4, -0.2) is 11.0 Å². The van der Waals surface area contributed by atoms with Crippen LogP contribution in [0, 0.1) is 5.82 Å². The van der Waals surface area contributed by atoms with Crippen molar-refractivity contribution < 1.29 is 9.13 Å². The number of hydrogen-bond donors (Lipinski definition) is 1. The molecule has 0 bridgehead atoms. The minimum atomic E-state index is -0.356. The van der Waals surface area contributed by atoms with E-state index in [2.05, 4.69) is 24.1 Å². The topological polar surface area (TPSA) is 34.1 Å². The van der Waals surface area contributed by atoms with Gasteiger partial charge in [-0.2, -0.15) is 0 Å². The summed E-state index contributed by atoms with van der Waals surface area (Å²) in [4.78, 5) is 4.31. The highest BCUT2D eigenvalue weighted by atomic mass is 19.1. The molecule has 1 heterocycles. The Morgan fingerprint density at radius 3 is 2.65 bits per heavy atom. The molecule has 106 valence electrons. The quantitative estimate of drug-likeness (QED) is 0.877. The van der Waals surface area contributed by atoms with Crippen molar-refractivity contribution in [3.63, 3.8) is 0 Å². The summed E-state index contributed by atoms with van der Waals surface area (Å²) in [5.74, 6) is -0.106. The molecule has 1 aromatic heterocycles. The molecular formula is C16H19FN2O. The normalized spacial score (nSPS) is 10.8. The third-order valence-electron chi connectivity index (χ3n) is 2.81. The van der Waals surface area contributed by atoms with Gasteiger partial charge >= 0.3 is 0 Å². The molecule has 0 saturated carbocycles. The first-order chi connectivity index (χ1) is 9.65. The lowest BCUT2D eigenvalue weighted by molar-refractivity contribution is 0.286. The lowest BCUT2D eigenvalue weighted by Gasteiger charge is -2.09. The lowest BCUT2D eigenvalue weighted by Crippen LogP contribution is -2.21. The number of halogens is 1. The van der Waals surface area contributed by atoms with Crippen LogP contribution in [0.3, 0.4) is 0 Å². The van der Waals surface area contributed by atoms with E-state index in [0.29, 0.717) is 6.04 Å². The zero-order valence-electron chi connectivity index (χ0n) is 11.8. The summed E-state index contributed by atoms with van der Waals surface area (Å²) in [7, 11) is 0. The number of para-hydroxylation sites is 1. The average Bonchev–Trinajstić information content (AvgIpc) is 2.45. The highest BCUT2D eigenvalue weighted by Crippen LogP contribution is 2.16. The van der Waals surface area contributed by atoms with E-state index in [1.54, 1.807) is 18.2 Å². The molecule has 1 aromatic carbocycles. The number of benzene rings is 1. The van der Waals surface area contributed by atoms with Crippen molar-refractivity contribution in [3.05, 3.63) is 59.7 Å². The van der Waals surface area contributed by atoms with Gasteiger partial charge in [0.2, 0.25) is 0 Å². The van der Waals surface area contributed by atoms with E-state index in [1.165, 1.54) is 6.07 Å². The second kappa shape index (κ2) is 7.01. The van der Waals surface area contributed by atoms with E-state index in [4.69, 9.17) is 4.74 Å². The maximum absolute atomic E-state index is 13.4. The number of ether oxygens (including phenoxy) is 1. The minimum absolute atomic E-state index is 0.250. The molecule has 0 atom stereocenters. The van der Waals surface area contributed by atoms with Crippen molar-refractivity contribution in [3.8, 4) is 5.75 Å². The van der Waals surface area contributed by atoms with Gasteiger partial charge in [0.05, 0.1) is 5.69 Å². The highest BCUT2D eigenvalue weighted by molar-refractivity contribution is 5.24. The molecule has 0 aliphatic carbocycles. The number of nitrogens with one attached hydrogen (secondary N) is 1. The zero-order chi connectivity index (χ0) is 14.4. The van der Waals surface area contributed by atoms with E-state index < -0.39 is 0 Å². The second-order valence-electron chi connectivity index (χ2n) is 4.91. The summed E-state index contributed by atoms with van der Waals surface area (Å²) in [6.07, 6.45) is 1.81. The summed E-state index contributed by atoms with van der Waals surface area (Å²) in [6, 6.07) is 10.7. The molecule has 0 radical (unpaired) electrons. The Hall–Kier alpha value is -1.94. The third kappa shape index (κ3) is 4.31. The maximum atomic E-state index is 13.4.